The molecule has 0 radical (unpaired) electrons. The number of carbonyl (C=O) groups excluding carboxylic acids is 3. The van der Waals surface area contributed by atoms with Crippen molar-refractivity contribution in [2.45, 2.75) is 43.7 Å². The maximum absolute atomic E-state index is 14.4. The number of hydrogen-bond donors (Lipinski definition) is 7. The first kappa shape index (κ1) is 49.5. The van der Waals surface area contributed by atoms with E-state index in [2.05, 4.69) is 31.6 Å². The van der Waals surface area contributed by atoms with Gasteiger partial charge in [-0.15, -0.1) is 6.42 Å². The van der Waals surface area contributed by atoms with Gasteiger partial charge < -0.3 is 34.2 Å². The lowest BCUT2D eigenvalue weighted by Crippen LogP contribution is -2.36. The summed E-state index contributed by atoms with van der Waals surface area (Å²) >= 11 is 11.6. The van der Waals surface area contributed by atoms with E-state index in [1.165, 1.54) is 26.4 Å². The number of amides is 4. The molecule has 7 N–H and O–H groups in total. The van der Waals surface area contributed by atoms with E-state index in [1.54, 1.807) is 11.6 Å². The van der Waals surface area contributed by atoms with Crippen molar-refractivity contribution in [3.8, 4) is 29.9 Å². The lowest BCUT2D eigenvalue weighted by atomic mass is 9.93. The predicted octanol–water partition coefficient (Wildman–Crippen LogP) is 2.51. The van der Waals surface area contributed by atoms with Gasteiger partial charge in [0, 0.05) is 24.3 Å². The smallest absolute Gasteiger partial charge is 0.341 e. The summed E-state index contributed by atoms with van der Waals surface area (Å²) in [5, 5.41) is 23.5. The Labute approximate surface area is 355 Å². The zero-order chi connectivity index (χ0) is 46.0. The molecule has 1 aliphatic heterocycles. The first-order valence-corrected chi connectivity index (χ1v) is 20.9. The van der Waals surface area contributed by atoms with Crippen molar-refractivity contribution < 1.29 is 75.6 Å². The quantitative estimate of drug-likeness (QED) is 0.0735. The molecule has 3 heterocycles. The van der Waals surface area contributed by atoms with Gasteiger partial charge in [0.15, 0.2) is 16.3 Å². The molecule has 0 saturated heterocycles. The molecular formula is C33H36Cl2FN8O15PS. The summed E-state index contributed by atoms with van der Waals surface area (Å²) in [5.41, 5.74) is 0.0295. The largest absolute Gasteiger partial charge is 0.481 e. The second-order valence-electron chi connectivity index (χ2n) is 12.1. The van der Waals surface area contributed by atoms with Gasteiger partial charge in [-0.1, -0.05) is 29.1 Å². The molecule has 0 saturated carbocycles. The number of sulfonamides is 1. The number of benzene rings is 1. The van der Waals surface area contributed by atoms with Gasteiger partial charge in [0.1, 0.15) is 17.1 Å². The van der Waals surface area contributed by atoms with Crippen molar-refractivity contribution >= 4 is 82.2 Å². The number of urea groups is 1. The highest BCUT2D eigenvalue weighted by Crippen LogP contribution is 2.40. The van der Waals surface area contributed by atoms with Crippen LogP contribution in [0.15, 0.2) is 34.4 Å². The zero-order valence-corrected chi connectivity index (χ0v) is 35.4. The van der Waals surface area contributed by atoms with Crippen molar-refractivity contribution in [3.63, 3.8) is 0 Å². The molecule has 2 aromatic heterocycles. The molecule has 1 atom stereocenters. The summed E-state index contributed by atoms with van der Waals surface area (Å²) in [5.74, 6) is -2.19. The number of imide groups is 1. The summed E-state index contributed by atoms with van der Waals surface area (Å²) in [6.45, 7) is 1.19. The van der Waals surface area contributed by atoms with Gasteiger partial charge >= 0.3 is 25.6 Å². The number of rotatable bonds is 13. The fourth-order valence-corrected chi connectivity index (χ4v) is 7.37. The van der Waals surface area contributed by atoms with Crippen LogP contribution in [-0.4, -0.2) is 111 Å². The van der Waals surface area contributed by atoms with Gasteiger partial charge in [0.25, 0.3) is 21.8 Å². The number of carboxylic acids is 2. The Morgan fingerprint density at radius 2 is 1.59 bits per heavy atom. The molecule has 2 aliphatic rings. The minimum absolute atomic E-state index is 0.0233. The topological polar surface area (TPSA) is 328 Å². The van der Waals surface area contributed by atoms with E-state index < -0.39 is 87.9 Å². The Balaban J connectivity index is 0.000000268. The first-order valence-electron chi connectivity index (χ1n) is 16.9. The number of nitrogens with one attached hydrogen (secondary N) is 3. The van der Waals surface area contributed by atoms with Crippen LogP contribution in [0.4, 0.5) is 20.8 Å². The molecule has 0 fully saturated rings. The Kier molecular flexibility index (Phi) is 17.1. The van der Waals surface area contributed by atoms with Crippen LogP contribution >= 0.6 is 30.8 Å². The van der Waals surface area contributed by atoms with Gasteiger partial charge in [-0.2, -0.15) is 23.5 Å². The average Bonchev–Trinajstić information content (AvgIpc) is 3.62. The Bertz CT molecular complexity index is 2410. The monoisotopic (exact) mass is 936 g/mol. The van der Waals surface area contributed by atoms with Crippen molar-refractivity contribution in [3.05, 3.63) is 50.9 Å². The van der Waals surface area contributed by atoms with Crippen LogP contribution in [0.1, 0.15) is 43.0 Å². The number of methoxy groups -OCH3 is 2. The van der Waals surface area contributed by atoms with Crippen LogP contribution in [-0.2, 0) is 36.0 Å². The van der Waals surface area contributed by atoms with Crippen LogP contribution in [0.5, 0.6) is 17.5 Å². The van der Waals surface area contributed by atoms with Gasteiger partial charge in [0.2, 0.25) is 17.7 Å². The number of carboxylic acid groups (broad SMARTS) is 2. The van der Waals surface area contributed by atoms with E-state index >= 15 is 0 Å². The predicted molar refractivity (Wildman–Crippen MR) is 211 cm³/mol. The van der Waals surface area contributed by atoms with Crippen molar-refractivity contribution in [2.75, 3.05) is 37.3 Å². The summed E-state index contributed by atoms with van der Waals surface area (Å²) in [6, 6.07) is 2.34. The average molecular weight is 938 g/mol. The lowest BCUT2D eigenvalue weighted by Gasteiger charge is -2.19. The zero-order valence-electron chi connectivity index (χ0n) is 32.1. The number of aliphatic carboxylic acids is 1. The number of halogens is 3. The molecule has 0 bridgehead atoms. The number of aryl methyl sites for hydroxylation is 1. The summed E-state index contributed by atoms with van der Waals surface area (Å²) in [6.07, 6.45) is 6.87. The fourth-order valence-electron chi connectivity index (χ4n) is 5.20. The molecule has 5 rings (SSSR count). The minimum Gasteiger partial charge on any atom is -0.481 e. The molecule has 4 amide bonds. The third-order valence-corrected chi connectivity index (χ3v) is 10.4. The number of carbonyl (C=O) groups is 5. The van der Waals surface area contributed by atoms with Gasteiger partial charge in [-0.05, 0) is 38.7 Å². The number of nitrogens with zero attached hydrogens (tertiary/aromatic N) is 5. The molecule has 0 spiro atoms. The van der Waals surface area contributed by atoms with E-state index in [0.29, 0.717) is 28.7 Å². The molecule has 330 valence electrons. The molecule has 3 aromatic rings. The Morgan fingerprint density at radius 3 is 2.07 bits per heavy atom. The number of aromatic nitrogens is 4. The van der Waals surface area contributed by atoms with E-state index in [1.807, 2.05) is 0 Å². The van der Waals surface area contributed by atoms with Gasteiger partial charge in [-0.3, -0.25) is 34.3 Å². The second-order valence-corrected chi connectivity index (χ2v) is 16.2. The number of anilines is 2. The van der Waals surface area contributed by atoms with E-state index in [-0.39, 0.29) is 34.2 Å². The van der Waals surface area contributed by atoms with Crippen LogP contribution in [0.3, 0.4) is 0 Å². The number of hydrogen-bond acceptors (Lipinski definition) is 15. The number of terminal acetylenes is 1. The highest BCUT2D eigenvalue weighted by atomic mass is 35.5. The summed E-state index contributed by atoms with van der Waals surface area (Å²) in [4.78, 5) is 83.0. The second kappa shape index (κ2) is 21.1. The van der Waals surface area contributed by atoms with Crippen LogP contribution in [0, 0.1) is 18.2 Å². The highest BCUT2D eigenvalue weighted by molar-refractivity contribution is 7.90. The molecule has 1 aliphatic carbocycles. The third kappa shape index (κ3) is 13.3. The first-order chi connectivity index (χ1) is 28.4. The van der Waals surface area contributed by atoms with Crippen LogP contribution in [0.2, 0.25) is 10.2 Å². The maximum atomic E-state index is 14.4. The number of aromatic carboxylic acids is 1. The highest BCUT2D eigenvalue weighted by Gasteiger charge is 2.41. The Hall–Kier alpha value is -5.87. The number of ether oxygens (including phenoxy) is 3. The SMILES string of the molecule is C#CC(C)Oc1cc(N2C(=O)C3=C(CCCC3)C2=O)c(F)cc1Cl.COc1cc(OC)nc(NC(=O)NS(=O)(=O)c2c(C(=O)O)c(Cl)nn2C)n1.O=C(O)CNCP(=O)(O)O. The van der Waals surface area contributed by atoms with Crippen molar-refractivity contribution in [2.24, 2.45) is 7.05 Å². The minimum atomic E-state index is -4.64. The third-order valence-electron chi connectivity index (χ3n) is 7.74. The van der Waals surface area contributed by atoms with E-state index in [9.17, 15) is 41.3 Å². The summed E-state index contributed by atoms with van der Waals surface area (Å²) in [7, 11) is -4.95. The van der Waals surface area contributed by atoms with Gasteiger partial charge in [-0.25, -0.2) is 23.6 Å². The molecule has 1 unspecified atom stereocenters. The van der Waals surface area contributed by atoms with Crippen LogP contribution < -0.4 is 34.5 Å². The molecule has 61 heavy (non-hydrogen) atoms. The van der Waals surface area contributed by atoms with Crippen LogP contribution in [0.25, 0.3) is 0 Å². The summed E-state index contributed by atoms with van der Waals surface area (Å²) < 4.78 is 66.8. The fraction of sp³-hybridized carbons (Fsp3) is 0.333. The maximum Gasteiger partial charge on any atom is 0.341 e. The molecule has 23 nitrogen and oxygen atoms in total. The van der Waals surface area contributed by atoms with Gasteiger partial charge in [0.05, 0.1) is 43.8 Å². The standard InChI is InChI=1S/C18H15ClFNO3.C12H13ClN6O7S.C3H8NO5P/c1-3-10(2)24-16-9-15(14(20)8-13(16)19)21-17(22)11-6-4-5-7-12(11)18(21)23;1-19-9(7(10(20)21)8(13)17-19)27(23,24)18-12(22)16-11-14-5(25-2)4-6(15-11)26-3;5-3(6)1-4-2-10(7,8)9/h1,8-10H,4-7H2,2H3;4H,1-3H3,(H,20,21)(H2,14,15,16,18,22);4H,1-2H2,(H,5,6)(H2,7,8,9). The van der Waals surface area contributed by atoms with Crippen molar-refractivity contribution in [1.29, 1.82) is 0 Å². The normalized spacial score (nSPS) is 14.0. The van der Waals surface area contributed by atoms with E-state index in [4.69, 9.17) is 63.8 Å². The molecular weight excluding hydrogens is 901 g/mol. The van der Waals surface area contributed by atoms with Crippen molar-refractivity contribution in [1.82, 2.24) is 29.8 Å². The lowest BCUT2D eigenvalue weighted by molar-refractivity contribution is -0.136. The molecule has 1 aromatic carbocycles. The Morgan fingerprint density at radius 1 is 1.03 bits per heavy atom. The molecule has 28 heteroatoms. The van der Waals surface area contributed by atoms with E-state index in [0.717, 1.165) is 30.9 Å².